The van der Waals surface area contributed by atoms with E-state index in [9.17, 15) is 14.0 Å². The quantitative estimate of drug-likeness (QED) is 0.451. The number of rotatable bonds is 9. The molecule has 0 aliphatic carbocycles. The highest BCUT2D eigenvalue weighted by atomic mass is 19.1. The van der Waals surface area contributed by atoms with Crippen molar-refractivity contribution in [1.82, 2.24) is 15.2 Å². The molecule has 2 heterocycles. The summed E-state index contributed by atoms with van der Waals surface area (Å²) in [4.78, 5) is 31.3. The first-order valence-corrected chi connectivity index (χ1v) is 12.4. The lowest BCUT2D eigenvalue weighted by atomic mass is 9.87. The van der Waals surface area contributed by atoms with Gasteiger partial charge in [0.1, 0.15) is 17.8 Å². The van der Waals surface area contributed by atoms with Gasteiger partial charge in [-0.25, -0.2) is 9.37 Å². The number of nitrogens with zero attached hydrogens (tertiary/aromatic N) is 2. The summed E-state index contributed by atoms with van der Waals surface area (Å²) in [5.74, 6) is 0.491. The molecule has 0 spiro atoms. The summed E-state index contributed by atoms with van der Waals surface area (Å²) < 4.78 is 25.5. The lowest BCUT2D eigenvalue weighted by molar-refractivity contribution is -0.134. The molecule has 1 aliphatic heterocycles. The molecule has 1 N–H and O–H groups in total. The zero-order chi connectivity index (χ0) is 25.7. The molecule has 2 aromatic carbocycles. The van der Waals surface area contributed by atoms with E-state index in [1.807, 2.05) is 49.9 Å². The van der Waals surface area contributed by atoms with Crippen LogP contribution in [0.4, 0.5) is 4.39 Å². The maximum atomic E-state index is 14.2. The second kappa shape index (κ2) is 11.4. The van der Waals surface area contributed by atoms with E-state index in [2.05, 4.69) is 10.3 Å². The highest BCUT2D eigenvalue weighted by molar-refractivity contribution is 5.91. The first kappa shape index (κ1) is 25.4. The van der Waals surface area contributed by atoms with Crippen LogP contribution >= 0.6 is 0 Å². The highest BCUT2D eigenvalue weighted by Crippen LogP contribution is 2.38. The van der Waals surface area contributed by atoms with Crippen LogP contribution in [-0.2, 0) is 17.8 Å². The van der Waals surface area contributed by atoms with Gasteiger partial charge in [-0.2, -0.15) is 0 Å². The van der Waals surface area contributed by atoms with Gasteiger partial charge in [0.05, 0.1) is 6.04 Å². The van der Waals surface area contributed by atoms with Gasteiger partial charge in [-0.15, -0.1) is 0 Å². The lowest BCUT2D eigenvalue weighted by Crippen LogP contribution is -2.41. The predicted molar refractivity (Wildman–Crippen MR) is 133 cm³/mol. The van der Waals surface area contributed by atoms with Gasteiger partial charge < -0.3 is 19.4 Å². The fourth-order valence-electron chi connectivity index (χ4n) is 4.41. The van der Waals surface area contributed by atoms with Crippen LogP contribution in [0.3, 0.4) is 0 Å². The standard InChI is InChI=1S/C28H32FN3O4/c1-4-11-30-28(34)24-16-36-25(31-24)17-35-22-9-8-19-10-12-32(26(33)13-18(2)3)27(23(19)15-22)20-6-5-7-21(29)14-20/h5-9,14-16,18,27H,4,10-13,17H2,1-3H3,(H,30,34). The Morgan fingerprint density at radius 1 is 1.25 bits per heavy atom. The smallest absolute Gasteiger partial charge is 0.273 e. The molecule has 0 saturated carbocycles. The average molecular weight is 494 g/mol. The number of carbonyl (C=O) groups excluding carboxylic acids is 2. The van der Waals surface area contributed by atoms with Crippen molar-refractivity contribution in [1.29, 1.82) is 0 Å². The molecule has 0 radical (unpaired) electrons. The molecule has 2 amide bonds. The molecule has 190 valence electrons. The normalized spacial score (nSPS) is 15.0. The maximum absolute atomic E-state index is 14.2. The number of amides is 2. The van der Waals surface area contributed by atoms with Gasteiger partial charge in [0, 0.05) is 19.5 Å². The molecule has 8 heteroatoms. The number of ether oxygens (including phenoxy) is 1. The van der Waals surface area contributed by atoms with Crippen LogP contribution in [0, 0.1) is 11.7 Å². The van der Waals surface area contributed by atoms with Gasteiger partial charge in [0.15, 0.2) is 12.3 Å². The lowest BCUT2D eigenvalue weighted by Gasteiger charge is -2.38. The topological polar surface area (TPSA) is 84.7 Å². The van der Waals surface area contributed by atoms with Crippen molar-refractivity contribution in [2.24, 2.45) is 5.92 Å². The van der Waals surface area contributed by atoms with Crippen LogP contribution in [0.15, 0.2) is 53.1 Å². The SMILES string of the molecule is CCCNC(=O)c1coc(COc2ccc3c(c2)C(c2cccc(F)c2)N(C(=O)CC(C)C)CC3)n1. The van der Waals surface area contributed by atoms with E-state index in [0.717, 1.165) is 23.1 Å². The Morgan fingerprint density at radius 3 is 2.83 bits per heavy atom. The molecule has 7 nitrogen and oxygen atoms in total. The van der Waals surface area contributed by atoms with Crippen LogP contribution in [0.25, 0.3) is 0 Å². The van der Waals surface area contributed by atoms with Crippen LogP contribution in [0.1, 0.15) is 72.7 Å². The Labute approximate surface area is 210 Å². The third kappa shape index (κ3) is 5.93. The number of aromatic nitrogens is 1. The molecule has 1 aliphatic rings. The first-order chi connectivity index (χ1) is 17.4. The van der Waals surface area contributed by atoms with Crippen molar-refractivity contribution in [2.75, 3.05) is 13.1 Å². The number of oxazole rings is 1. The molecule has 0 fully saturated rings. The third-order valence-corrected chi connectivity index (χ3v) is 6.10. The summed E-state index contributed by atoms with van der Waals surface area (Å²) in [6.07, 6.45) is 3.28. The van der Waals surface area contributed by atoms with Crippen molar-refractivity contribution in [3.05, 3.63) is 82.8 Å². The molecule has 3 aromatic rings. The number of hydrogen-bond acceptors (Lipinski definition) is 5. The van der Waals surface area contributed by atoms with E-state index < -0.39 is 6.04 Å². The number of nitrogens with one attached hydrogen (secondary N) is 1. The van der Waals surface area contributed by atoms with Crippen molar-refractivity contribution >= 4 is 11.8 Å². The van der Waals surface area contributed by atoms with Crippen molar-refractivity contribution in [3.8, 4) is 5.75 Å². The second-order valence-electron chi connectivity index (χ2n) is 9.42. The van der Waals surface area contributed by atoms with E-state index >= 15 is 0 Å². The zero-order valence-corrected chi connectivity index (χ0v) is 20.9. The number of halogens is 1. The summed E-state index contributed by atoms with van der Waals surface area (Å²) >= 11 is 0. The van der Waals surface area contributed by atoms with Gasteiger partial charge in [0.2, 0.25) is 11.8 Å². The van der Waals surface area contributed by atoms with Crippen LogP contribution < -0.4 is 10.1 Å². The molecule has 4 rings (SSSR count). The van der Waals surface area contributed by atoms with E-state index in [-0.39, 0.29) is 41.7 Å². The molecular weight excluding hydrogens is 461 g/mol. The Morgan fingerprint density at radius 2 is 2.08 bits per heavy atom. The third-order valence-electron chi connectivity index (χ3n) is 6.10. The monoisotopic (exact) mass is 493 g/mol. The van der Waals surface area contributed by atoms with Crippen molar-refractivity contribution in [3.63, 3.8) is 0 Å². The van der Waals surface area contributed by atoms with Gasteiger partial charge in [-0.1, -0.05) is 39.0 Å². The average Bonchev–Trinajstić information content (AvgIpc) is 3.34. The summed E-state index contributed by atoms with van der Waals surface area (Å²) in [6.45, 7) is 7.18. The first-order valence-electron chi connectivity index (χ1n) is 12.4. The van der Waals surface area contributed by atoms with Gasteiger partial charge in [0.25, 0.3) is 5.91 Å². The van der Waals surface area contributed by atoms with Crippen LogP contribution in [0.5, 0.6) is 5.75 Å². The minimum atomic E-state index is -0.408. The maximum Gasteiger partial charge on any atom is 0.273 e. The van der Waals surface area contributed by atoms with Gasteiger partial charge in [-0.3, -0.25) is 9.59 Å². The molecular formula is C28H32FN3O4. The van der Waals surface area contributed by atoms with Crippen LogP contribution in [-0.4, -0.2) is 34.8 Å². The minimum Gasteiger partial charge on any atom is -0.484 e. The van der Waals surface area contributed by atoms with E-state index in [1.54, 1.807) is 6.07 Å². The molecule has 1 unspecified atom stereocenters. The minimum absolute atomic E-state index is 0.0421. The van der Waals surface area contributed by atoms with Crippen LogP contribution in [0.2, 0.25) is 0 Å². The molecule has 0 bridgehead atoms. The fraction of sp³-hybridized carbons (Fsp3) is 0.393. The second-order valence-corrected chi connectivity index (χ2v) is 9.42. The molecule has 36 heavy (non-hydrogen) atoms. The Hall–Kier alpha value is -3.68. The van der Waals surface area contributed by atoms with E-state index in [0.29, 0.717) is 31.7 Å². The highest BCUT2D eigenvalue weighted by Gasteiger charge is 2.32. The van der Waals surface area contributed by atoms with Gasteiger partial charge in [-0.05, 0) is 59.7 Å². The molecule has 1 atom stereocenters. The Bertz CT molecular complexity index is 1220. The number of fused-ring (bicyclic) bond motifs is 1. The summed E-state index contributed by atoms with van der Waals surface area (Å²) in [6, 6.07) is 11.8. The Balaban J connectivity index is 1.57. The van der Waals surface area contributed by atoms with Gasteiger partial charge >= 0.3 is 0 Å². The molecule has 1 aromatic heterocycles. The summed E-state index contributed by atoms with van der Waals surface area (Å²) in [7, 11) is 0. The largest absolute Gasteiger partial charge is 0.484 e. The summed E-state index contributed by atoms with van der Waals surface area (Å²) in [5, 5.41) is 2.76. The van der Waals surface area contributed by atoms with E-state index in [1.165, 1.54) is 18.4 Å². The number of benzene rings is 2. The summed E-state index contributed by atoms with van der Waals surface area (Å²) in [5.41, 5.74) is 2.93. The van der Waals surface area contributed by atoms with Crippen molar-refractivity contribution < 1.29 is 23.1 Å². The zero-order valence-electron chi connectivity index (χ0n) is 20.9. The van der Waals surface area contributed by atoms with E-state index in [4.69, 9.17) is 9.15 Å². The van der Waals surface area contributed by atoms with Crippen molar-refractivity contribution in [2.45, 2.75) is 52.7 Å². The Kier molecular flexibility index (Phi) is 8.03. The molecule has 0 saturated heterocycles. The number of carbonyl (C=O) groups is 2. The number of hydrogen-bond donors (Lipinski definition) is 1. The predicted octanol–water partition coefficient (Wildman–Crippen LogP) is 5.05. The fourth-order valence-corrected chi connectivity index (χ4v) is 4.41.